The zero-order chi connectivity index (χ0) is 14.4. The van der Waals surface area contributed by atoms with Gasteiger partial charge in [-0.2, -0.15) is 0 Å². The molecule has 0 saturated carbocycles. The summed E-state index contributed by atoms with van der Waals surface area (Å²) >= 11 is 3.33. The maximum atomic E-state index is 11.8. The fourth-order valence-corrected chi connectivity index (χ4v) is 1.80. The SMILES string of the molecule is COc1ccc(O/C=C/C(=O)c2ccc(Br)cc2)cc1. The van der Waals surface area contributed by atoms with Crippen LogP contribution in [0.3, 0.4) is 0 Å². The van der Waals surface area contributed by atoms with Crippen LogP contribution in [0, 0.1) is 0 Å². The fourth-order valence-electron chi connectivity index (χ4n) is 1.54. The van der Waals surface area contributed by atoms with Gasteiger partial charge in [-0.25, -0.2) is 0 Å². The Morgan fingerprint density at radius 3 is 2.20 bits per heavy atom. The highest BCUT2D eigenvalue weighted by Crippen LogP contribution is 2.17. The second-order valence-electron chi connectivity index (χ2n) is 3.97. The number of hydrogen-bond acceptors (Lipinski definition) is 3. The van der Waals surface area contributed by atoms with Crippen molar-refractivity contribution in [2.24, 2.45) is 0 Å². The molecule has 4 heteroatoms. The maximum absolute atomic E-state index is 11.8. The van der Waals surface area contributed by atoms with Crippen LogP contribution in [0.1, 0.15) is 10.4 Å². The molecule has 0 amide bonds. The minimum Gasteiger partial charge on any atom is -0.497 e. The van der Waals surface area contributed by atoms with E-state index in [0.29, 0.717) is 11.3 Å². The molecule has 2 rings (SSSR count). The Bertz CT molecular complexity index is 601. The molecule has 2 aromatic carbocycles. The first-order valence-electron chi connectivity index (χ1n) is 5.96. The molecule has 3 nitrogen and oxygen atoms in total. The number of carbonyl (C=O) groups is 1. The summed E-state index contributed by atoms with van der Waals surface area (Å²) in [4.78, 5) is 11.8. The van der Waals surface area contributed by atoms with Crippen molar-refractivity contribution >= 4 is 21.7 Å². The Morgan fingerprint density at radius 1 is 1.00 bits per heavy atom. The van der Waals surface area contributed by atoms with Crippen molar-refractivity contribution in [3.05, 3.63) is 70.9 Å². The molecular formula is C16H13BrO3. The van der Waals surface area contributed by atoms with Gasteiger partial charge in [0.15, 0.2) is 5.78 Å². The number of benzene rings is 2. The second-order valence-corrected chi connectivity index (χ2v) is 4.88. The van der Waals surface area contributed by atoms with E-state index in [1.165, 1.54) is 12.3 Å². The van der Waals surface area contributed by atoms with E-state index in [0.717, 1.165) is 10.2 Å². The van der Waals surface area contributed by atoms with Crippen molar-refractivity contribution in [3.8, 4) is 11.5 Å². The van der Waals surface area contributed by atoms with E-state index in [1.54, 1.807) is 43.5 Å². The van der Waals surface area contributed by atoms with Gasteiger partial charge in [-0.05, 0) is 48.5 Å². The number of carbonyl (C=O) groups excluding carboxylic acids is 1. The number of rotatable bonds is 5. The van der Waals surface area contributed by atoms with E-state index in [-0.39, 0.29) is 5.78 Å². The van der Waals surface area contributed by atoms with Gasteiger partial charge in [-0.3, -0.25) is 4.79 Å². The van der Waals surface area contributed by atoms with E-state index in [2.05, 4.69) is 15.9 Å². The molecule has 0 N–H and O–H groups in total. The van der Waals surface area contributed by atoms with Crippen LogP contribution < -0.4 is 9.47 Å². The van der Waals surface area contributed by atoms with Crippen LogP contribution in [-0.2, 0) is 0 Å². The number of halogens is 1. The van der Waals surface area contributed by atoms with Crippen molar-refractivity contribution in [2.75, 3.05) is 7.11 Å². The average Bonchev–Trinajstić information content (AvgIpc) is 2.48. The summed E-state index contributed by atoms with van der Waals surface area (Å²) in [7, 11) is 1.60. The Kier molecular flexibility index (Phi) is 4.96. The molecule has 0 radical (unpaired) electrons. The third-order valence-corrected chi connectivity index (χ3v) is 3.14. The monoisotopic (exact) mass is 332 g/mol. The van der Waals surface area contributed by atoms with Gasteiger partial charge < -0.3 is 9.47 Å². The van der Waals surface area contributed by atoms with Gasteiger partial charge in [-0.15, -0.1) is 0 Å². The lowest BCUT2D eigenvalue weighted by molar-refractivity contribution is 0.104. The summed E-state index contributed by atoms with van der Waals surface area (Å²) in [5, 5.41) is 0. The van der Waals surface area contributed by atoms with Gasteiger partial charge >= 0.3 is 0 Å². The van der Waals surface area contributed by atoms with E-state index < -0.39 is 0 Å². The molecule has 0 fully saturated rings. The molecule has 20 heavy (non-hydrogen) atoms. The second kappa shape index (κ2) is 6.91. The molecule has 0 aromatic heterocycles. The molecule has 0 atom stereocenters. The van der Waals surface area contributed by atoms with E-state index >= 15 is 0 Å². The van der Waals surface area contributed by atoms with Gasteiger partial charge in [0.2, 0.25) is 0 Å². The lowest BCUT2D eigenvalue weighted by Gasteiger charge is -2.02. The smallest absolute Gasteiger partial charge is 0.188 e. The zero-order valence-electron chi connectivity index (χ0n) is 10.9. The highest BCUT2D eigenvalue weighted by Gasteiger charge is 2.01. The van der Waals surface area contributed by atoms with Gasteiger partial charge in [0.05, 0.1) is 13.4 Å². The van der Waals surface area contributed by atoms with Crippen LogP contribution >= 0.6 is 15.9 Å². The predicted octanol–water partition coefficient (Wildman–Crippen LogP) is 4.23. The third kappa shape index (κ3) is 3.96. The minimum atomic E-state index is -0.106. The highest BCUT2D eigenvalue weighted by atomic mass is 79.9. The van der Waals surface area contributed by atoms with Crippen LogP contribution in [0.25, 0.3) is 0 Å². The molecule has 0 aliphatic heterocycles. The Hall–Kier alpha value is -2.07. The molecule has 102 valence electrons. The zero-order valence-corrected chi connectivity index (χ0v) is 12.5. The average molecular weight is 333 g/mol. The largest absolute Gasteiger partial charge is 0.497 e. The van der Waals surface area contributed by atoms with Crippen molar-refractivity contribution in [3.63, 3.8) is 0 Å². The lowest BCUT2D eigenvalue weighted by atomic mass is 10.1. The molecule has 0 aliphatic carbocycles. The molecular weight excluding hydrogens is 320 g/mol. The van der Waals surface area contributed by atoms with Crippen molar-refractivity contribution in [1.29, 1.82) is 0 Å². The lowest BCUT2D eigenvalue weighted by Crippen LogP contribution is -1.94. The van der Waals surface area contributed by atoms with Gasteiger partial charge in [0, 0.05) is 16.1 Å². The third-order valence-electron chi connectivity index (χ3n) is 2.61. The summed E-state index contributed by atoms with van der Waals surface area (Å²) in [6, 6.07) is 14.3. The predicted molar refractivity (Wildman–Crippen MR) is 81.2 cm³/mol. The standard InChI is InChI=1S/C16H13BrO3/c1-19-14-6-8-15(9-7-14)20-11-10-16(18)12-2-4-13(17)5-3-12/h2-11H,1H3/b11-10+. The summed E-state index contributed by atoms with van der Waals surface area (Å²) < 4.78 is 11.3. The van der Waals surface area contributed by atoms with E-state index in [1.807, 2.05) is 12.1 Å². The highest BCUT2D eigenvalue weighted by molar-refractivity contribution is 9.10. The molecule has 0 aliphatic rings. The summed E-state index contributed by atoms with van der Waals surface area (Å²) in [6.45, 7) is 0. The number of methoxy groups -OCH3 is 1. The normalized spacial score (nSPS) is 10.5. The van der Waals surface area contributed by atoms with Crippen molar-refractivity contribution < 1.29 is 14.3 Å². The van der Waals surface area contributed by atoms with Gasteiger partial charge in [0.25, 0.3) is 0 Å². The maximum Gasteiger partial charge on any atom is 0.188 e. The number of allylic oxidation sites excluding steroid dienone is 1. The van der Waals surface area contributed by atoms with Crippen LogP contribution in [0.15, 0.2) is 65.3 Å². The number of ketones is 1. The topological polar surface area (TPSA) is 35.5 Å². The van der Waals surface area contributed by atoms with Gasteiger partial charge in [-0.1, -0.05) is 15.9 Å². The molecule has 0 heterocycles. The van der Waals surface area contributed by atoms with E-state index in [9.17, 15) is 4.79 Å². The quantitative estimate of drug-likeness (QED) is 0.467. The van der Waals surface area contributed by atoms with Crippen LogP contribution in [0.5, 0.6) is 11.5 Å². The molecule has 2 aromatic rings. The van der Waals surface area contributed by atoms with Crippen LogP contribution in [0.4, 0.5) is 0 Å². The first kappa shape index (κ1) is 14.3. The summed E-state index contributed by atoms with van der Waals surface area (Å²) in [6.07, 6.45) is 2.78. The minimum absolute atomic E-state index is 0.106. The summed E-state index contributed by atoms with van der Waals surface area (Å²) in [5.41, 5.74) is 0.614. The Balaban J connectivity index is 1.95. The first-order chi connectivity index (χ1) is 9.69. The van der Waals surface area contributed by atoms with Gasteiger partial charge in [0.1, 0.15) is 11.5 Å². The van der Waals surface area contributed by atoms with Crippen molar-refractivity contribution in [2.45, 2.75) is 0 Å². The first-order valence-corrected chi connectivity index (χ1v) is 6.75. The fraction of sp³-hybridized carbons (Fsp3) is 0.0625. The molecule has 0 bridgehead atoms. The summed E-state index contributed by atoms with van der Waals surface area (Å²) in [5.74, 6) is 1.30. The molecule has 0 spiro atoms. The molecule has 0 unspecified atom stereocenters. The Labute approximate surface area is 126 Å². The van der Waals surface area contributed by atoms with Crippen LogP contribution in [-0.4, -0.2) is 12.9 Å². The number of ether oxygens (including phenoxy) is 2. The molecule has 0 saturated heterocycles. The number of hydrogen-bond donors (Lipinski definition) is 0. The van der Waals surface area contributed by atoms with E-state index in [4.69, 9.17) is 9.47 Å². The Morgan fingerprint density at radius 2 is 1.60 bits per heavy atom. The van der Waals surface area contributed by atoms with Crippen LogP contribution in [0.2, 0.25) is 0 Å². The van der Waals surface area contributed by atoms with Crippen molar-refractivity contribution in [1.82, 2.24) is 0 Å².